The molecule has 0 aromatic heterocycles. The van der Waals surface area contributed by atoms with Gasteiger partial charge in [-0.15, -0.1) is 0 Å². The first kappa shape index (κ1) is 13.9. The number of carbonyl (C=O) groups excluding carboxylic acids is 2. The van der Waals surface area contributed by atoms with Gasteiger partial charge in [0, 0.05) is 13.2 Å². The van der Waals surface area contributed by atoms with E-state index in [0.29, 0.717) is 13.1 Å². The lowest BCUT2D eigenvalue weighted by Crippen LogP contribution is -3.06. The molecule has 6 heteroatoms. The molecular formula is C11H22N3O3+. The first-order valence-electron chi connectivity index (χ1n) is 6.06. The van der Waals surface area contributed by atoms with E-state index >= 15 is 0 Å². The quantitative estimate of drug-likeness (QED) is 0.470. The summed E-state index contributed by atoms with van der Waals surface area (Å²) in [6, 6.07) is 0. The van der Waals surface area contributed by atoms with Crippen molar-refractivity contribution in [3.05, 3.63) is 0 Å². The van der Waals surface area contributed by atoms with Crippen LogP contribution in [0, 0.1) is 0 Å². The average Bonchev–Trinajstić information content (AvgIpc) is 2.78. The standard InChI is InChI=1S/C11H21N3O3/c1-14(2)6-5-12-10(15)11(16)13-8-9-4-3-7-17-9/h9H,3-8H2,1-2H3,(H,12,15)(H,13,16)/p+1/t9-/m1/s1. The summed E-state index contributed by atoms with van der Waals surface area (Å²) in [6.45, 7) is 2.48. The van der Waals surface area contributed by atoms with E-state index in [4.69, 9.17) is 4.74 Å². The fourth-order valence-corrected chi connectivity index (χ4v) is 1.60. The highest BCUT2D eigenvalue weighted by Crippen LogP contribution is 2.10. The fraction of sp³-hybridized carbons (Fsp3) is 0.818. The average molecular weight is 244 g/mol. The summed E-state index contributed by atoms with van der Waals surface area (Å²) in [7, 11) is 3.98. The number of quaternary nitrogens is 1. The van der Waals surface area contributed by atoms with Crippen molar-refractivity contribution in [3.8, 4) is 0 Å². The first-order valence-corrected chi connectivity index (χ1v) is 6.06. The van der Waals surface area contributed by atoms with Crippen LogP contribution >= 0.6 is 0 Å². The van der Waals surface area contributed by atoms with Gasteiger partial charge in [0.2, 0.25) is 0 Å². The van der Waals surface area contributed by atoms with Gasteiger partial charge in [-0.2, -0.15) is 0 Å². The Bertz CT molecular complexity index is 263. The second kappa shape index (κ2) is 7.24. The molecule has 1 saturated heterocycles. The number of carbonyl (C=O) groups is 2. The Labute approximate surface area is 102 Å². The topological polar surface area (TPSA) is 71.9 Å². The molecule has 0 aromatic carbocycles. The first-order chi connectivity index (χ1) is 8.09. The summed E-state index contributed by atoms with van der Waals surface area (Å²) in [5, 5.41) is 5.16. The molecule has 0 unspecified atom stereocenters. The molecule has 0 spiro atoms. The number of hydrogen-bond donors (Lipinski definition) is 3. The van der Waals surface area contributed by atoms with E-state index in [2.05, 4.69) is 10.6 Å². The van der Waals surface area contributed by atoms with Crippen LogP contribution in [-0.4, -0.2) is 58.3 Å². The van der Waals surface area contributed by atoms with E-state index in [9.17, 15) is 9.59 Å². The van der Waals surface area contributed by atoms with Gasteiger partial charge in [-0.3, -0.25) is 9.59 Å². The highest BCUT2D eigenvalue weighted by molar-refractivity contribution is 6.35. The highest BCUT2D eigenvalue weighted by atomic mass is 16.5. The van der Waals surface area contributed by atoms with Crippen molar-refractivity contribution in [1.29, 1.82) is 0 Å². The lowest BCUT2D eigenvalue weighted by molar-refractivity contribution is -0.856. The van der Waals surface area contributed by atoms with Gasteiger partial charge in [0.15, 0.2) is 0 Å². The number of likely N-dealkylation sites (N-methyl/N-ethyl adjacent to an activating group) is 1. The maximum absolute atomic E-state index is 11.4. The normalized spacial score (nSPS) is 19.4. The lowest BCUT2D eigenvalue weighted by Gasteiger charge is -2.11. The van der Waals surface area contributed by atoms with Gasteiger partial charge in [-0.25, -0.2) is 0 Å². The summed E-state index contributed by atoms with van der Waals surface area (Å²) < 4.78 is 5.35. The Kier molecular flexibility index (Phi) is 5.93. The molecule has 0 aliphatic carbocycles. The Hall–Kier alpha value is -1.14. The maximum Gasteiger partial charge on any atom is 0.309 e. The second-order valence-corrected chi connectivity index (χ2v) is 4.56. The third-order valence-corrected chi connectivity index (χ3v) is 2.63. The van der Waals surface area contributed by atoms with Crippen LogP contribution in [0.5, 0.6) is 0 Å². The molecule has 0 aromatic rings. The van der Waals surface area contributed by atoms with Crippen molar-refractivity contribution in [1.82, 2.24) is 10.6 Å². The monoisotopic (exact) mass is 244 g/mol. The molecule has 1 aliphatic heterocycles. The predicted molar refractivity (Wildman–Crippen MR) is 62.7 cm³/mol. The van der Waals surface area contributed by atoms with Crippen molar-refractivity contribution in [2.24, 2.45) is 0 Å². The van der Waals surface area contributed by atoms with Crippen molar-refractivity contribution in [2.45, 2.75) is 18.9 Å². The molecule has 17 heavy (non-hydrogen) atoms. The van der Waals surface area contributed by atoms with Crippen molar-refractivity contribution < 1.29 is 19.2 Å². The molecule has 0 radical (unpaired) electrons. The third kappa shape index (κ3) is 5.65. The Morgan fingerprint density at radius 3 is 2.59 bits per heavy atom. The predicted octanol–water partition coefficient (Wildman–Crippen LogP) is -2.46. The molecular weight excluding hydrogens is 222 g/mol. The Morgan fingerprint density at radius 2 is 2.00 bits per heavy atom. The van der Waals surface area contributed by atoms with Crippen LogP contribution in [0.15, 0.2) is 0 Å². The zero-order chi connectivity index (χ0) is 12.7. The fourth-order valence-electron chi connectivity index (χ4n) is 1.60. The van der Waals surface area contributed by atoms with Crippen molar-refractivity contribution in [2.75, 3.05) is 40.3 Å². The molecule has 1 fully saturated rings. The summed E-state index contributed by atoms with van der Waals surface area (Å²) in [5.41, 5.74) is 0. The smallest absolute Gasteiger partial charge is 0.309 e. The number of ether oxygens (including phenoxy) is 1. The van der Waals surface area contributed by atoms with Crippen molar-refractivity contribution >= 4 is 11.8 Å². The Morgan fingerprint density at radius 1 is 1.29 bits per heavy atom. The van der Waals surface area contributed by atoms with Crippen LogP contribution < -0.4 is 15.5 Å². The highest BCUT2D eigenvalue weighted by Gasteiger charge is 2.18. The zero-order valence-corrected chi connectivity index (χ0v) is 10.5. The van der Waals surface area contributed by atoms with E-state index in [-0.39, 0.29) is 6.10 Å². The molecule has 6 nitrogen and oxygen atoms in total. The van der Waals surface area contributed by atoms with Crippen LogP contribution in [0.25, 0.3) is 0 Å². The minimum absolute atomic E-state index is 0.0676. The van der Waals surface area contributed by atoms with Crippen LogP contribution in [0.4, 0.5) is 0 Å². The zero-order valence-electron chi connectivity index (χ0n) is 10.5. The number of nitrogens with one attached hydrogen (secondary N) is 3. The van der Waals surface area contributed by atoms with Gasteiger partial charge in [0.1, 0.15) is 0 Å². The molecule has 2 amide bonds. The molecule has 1 heterocycles. The van der Waals surface area contributed by atoms with Crippen LogP contribution in [-0.2, 0) is 14.3 Å². The molecule has 0 bridgehead atoms. The number of hydrogen-bond acceptors (Lipinski definition) is 3. The van der Waals surface area contributed by atoms with Crippen LogP contribution in [0.1, 0.15) is 12.8 Å². The summed E-state index contributed by atoms with van der Waals surface area (Å²) in [4.78, 5) is 24.0. The van der Waals surface area contributed by atoms with Gasteiger partial charge < -0.3 is 20.3 Å². The van der Waals surface area contributed by atoms with Gasteiger partial charge >= 0.3 is 11.8 Å². The number of rotatable bonds is 5. The SMILES string of the molecule is C[NH+](C)CCNC(=O)C(=O)NC[C@H]1CCCO1. The van der Waals surface area contributed by atoms with E-state index in [0.717, 1.165) is 26.0 Å². The minimum atomic E-state index is -0.575. The van der Waals surface area contributed by atoms with Gasteiger partial charge in [-0.05, 0) is 12.8 Å². The minimum Gasteiger partial charge on any atom is -0.376 e. The maximum atomic E-state index is 11.4. The molecule has 1 aliphatic rings. The molecule has 98 valence electrons. The van der Waals surface area contributed by atoms with Crippen molar-refractivity contribution in [3.63, 3.8) is 0 Å². The number of amides is 2. The molecule has 1 rings (SSSR count). The second-order valence-electron chi connectivity index (χ2n) is 4.56. The third-order valence-electron chi connectivity index (χ3n) is 2.63. The van der Waals surface area contributed by atoms with E-state index in [1.165, 1.54) is 4.90 Å². The van der Waals surface area contributed by atoms with Gasteiger partial charge in [0.25, 0.3) is 0 Å². The summed E-state index contributed by atoms with van der Waals surface area (Å²) in [5.74, 6) is -1.14. The molecule has 1 atom stereocenters. The molecule has 3 N–H and O–H groups in total. The van der Waals surface area contributed by atoms with Gasteiger partial charge in [0.05, 0.1) is 33.3 Å². The van der Waals surface area contributed by atoms with Crippen LogP contribution in [0.2, 0.25) is 0 Å². The summed E-state index contributed by atoms with van der Waals surface area (Å²) >= 11 is 0. The van der Waals surface area contributed by atoms with E-state index < -0.39 is 11.8 Å². The van der Waals surface area contributed by atoms with Crippen LogP contribution in [0.3, 0.4) is 0 Å². The Balaban J connectivity index is 2.11. The lowest BCUT2D eigenvalue weighted by atomic mass is 10.2. The molecule has 0 saturated carbocycles. The van der Waals surface area contributed by atoms with E-state index in [1.807, 2.05) is 14.1 Å². The van der Waals surface area contributed by atoms with E-state index in [1.54, 1.807) is 0 Å². The largest absolute Gasteiger partial charge is 0.376 e. The summed E-state index contributed by atoms with van der Waals surface area (Å²) in [6.07, 6.45) is 2.04. The van der Waals surface area contributed by atoms with Gasteiger partial charge in [-0.1, -0.05) is 0 Å².